The highest BCUT2D eigenvalue weighted by atomic mass is 32.2. The summed E-state index contributed by atoms with van der Waals surface area (Å²) in [6, 6.07) is 1.79. The number of aromatic nitrogens is 2. The first-order chi connectivity index (χ1) is 8.16. The molecule has 0 saturated heterocycles. The largest absolute Gasteiger partial charge is 0.480 e. The predicted octanol–water partition coefficient (Wildman–Crippen LogP) is 2.01. The summed E-state index contributed by atoms with van der Waals surface area (Å²) in [7, 11) is 0. The zero-order valence-corrected chi connectivity index (χ0v) is 10.5. The Morgan fingerprint density at radius 1 is 1.47 bits per heavy atom. The average Bonchev–Trinajstić information content (AvgIpc) is 2.79. The minimum Gasteiger partial charge on any atom is -0.480 e. The van der Waals surface area contributed by atoms with Crippen molar-refractivity contribution in [2.45, 2.75) is 36.2 Å². The van der Waals surface area contributed by atoms with Crippen LogP contribution in [0.2, 0.25) is 0 Å². The first-order valence-electron chi connectivity index (χ1n) is 5.54. The molecule has 0 spiro atoms. The number of carboxylic acids is 1. The van der Waals surface area contributed by atoms with E-state index < -0.39 is 11.5 Å². The molecule has 6 heteroatoms. The van der Waals surface area contributed by atoms with Crippen LogP contribution in [0.5, 0.6) is 0 Å². The van der Waals surface area contributed by atoms with Crippen LogP contribution in [0.15, 0.2) is 17.4 Å². The van der Waals surface area contributed by atoms with E-state index in [0.29, 0.717) is 18.7 Å². The van der Waals surface area contributed by atoms with Crippen molar-refractivity contribution < 1.29 is 9.90 Å². The summed E-state index contributed by atoms with van der Waals surface area (Å²) in [4.78, 5) is 19.5. The van der Waals surface area contributed by atoms with Crippen molar-refractivity contribution in [2.75, 3.05) is 11.6 Å². The van der Waals surface area contributed by atoms with Gasteiger partial charge in [0.1, 0.15) is 22.7 Å². The monoisotopic (exact) mass is 253 g/mol. The smallest absolute Gasteiger partial charge is 0.329 e. The first kappa shape index (κ1) is 12.2. The topological polar surface area (TPSA) is 75.1 Å². The zero-order valence-electron chi connectivity index (χ0n) is 9.64. The van der Waals surface area contributed by atoms with Gasteiger partial charge in [0, 0.05) is 6.07 Å². The van der Waals surface area contributed by atoms with Gasteiger partial charge in [-0.1, -0.05) is 12.8 Å². The van der Waals surface area contributed by atoms with Crippen LogP contribution in [0.4, 0.5) is 5.82 Å². The number of rotatable bonds is 4. The zero-order chi connectivity index (χ0) is 12.3. The summed E-state index contributed by atoms with van der Waals surface area (Å²) < 4.78 is 0. The fourth-order valence-corrected chi connectivity index (χ4v) is 2.52. The lowest BCUT2D eigenvalue weighted by molar-refractivity contribution is -0.142. The van der Waals surface area contributed by atoms with Crippen molar-refractivity contribution >= 4 is 23.5 Å². The molecule has 17 heavy (non-hydrogen) atoms. The number of aliphatic carboxylic acids is 1. The molecule has 2 rings (SSSR count). The van der Waals surface area contributed by atoms with E-state index in [9.17, 15) is 9.90 Å². The van der Waals surface area contributed by atoms with Gasteiger partial charge in [-0.2, -0.15) is 0 Å². The van der Waals surface area contributed by atoms with Gasteiger partial charge in [-0.15, -0.1) is 11.8 Å². The van der Waals surface area contributed by atoms with Gasteiger partial charge in [0.05, 0.1) is 0 Å². The van der Waals surface area contributed by atoms with Crippen molar-refractivity contribution in [3.63, 3.8) is 0 Å². The molecular weight excluding hydrogens is 238 g/mol. The molecule has 1 aromatic heterocycles. The summed E-state index contributed by atoms with van der Waals surface area (Å²) >= 11 is 1.51. The third-order valence-corrected chi connectivity index (χ3v) is 3.73. The number of nitrogens with one attached hydrogen (secondary N) is 1. The maximum atomic E-state index is 11.4. The molecule has 0 unspecified atom stereocenters. The molecule has 1 saturated carbocycles. The number of carboxylic acid groups (broad SMARTS) is 1. The van der Waals surface area contributed by atoms with Gasteiger partial charge in [0.25, 0.3) is 0 Å². The Morgan fingerprint density at radius 3 is 2.76 bits per heavy atom. The molecule has 92 valence electrons. The quantitative estimate of drug-likeness (QED) is 0.631. The molecule has 1 heterocycles. The number of thioether (sulfide) groups is 1. The fourth-order valence-electron chi connectivity index (χ4n) is 2.14. The van der Waals surface area contributed by atoms with E-state index in [2.05, 4.69) is 15.3 Å². The minimum absolute atomic E-state index is 0.591. The van der Waals surface area contributed by atoms with E-state index >= 15 is 0 Å². The highest BCUT2D eigenvalue weighted by Gasteiger charge is 2.41. The third kappa shape index (κ3) is 2.52. The highest BCUT2D eigenvalue weighted by Crippen LogP contribution is 2.33. The molecule has 1 aliphatic carbocycles. The Bertz CT molecular complexity index is 419. The molecule has 0 aliphatic heterocycles. The molecule has 0 radical (unpaired) electrons. The van der Waals surface area contributed by atoms with Gasteiger partial charge in [0.15, 0.2) is 0 Å². The van der Waals surface area contributed by atoms with Crippen LogP contribution >= 0.6 is 11.8 Å². The normalized spacial score (nSPS) is 17.9. The van der Waals surface area contributed by atoms with Crippen LogP contribution in [0.1, 0.15) is 25.7 Å². The molecule has 5 nitrogen and oxygen atoms in total. The summed E-state index contributed by atoms with van der Waals surface area (Å²) in [5, 5.41) is 13.2. The van der Waals surface area contributed by atoms with Gasteiger partial charge in [0.2, 0.25) is 0 Å². The van der Waals surface area contributed by atoms with Crippen molar-refractivity contribution in [1.29, 1.82) is 0 Å². The summed E-state index contributed by atoms with van der Waals surface area (Å²) in [6.45, 7) is 0. The van der Waals surface area contributed by atoms with Crippen LogP contribution in [-0.2, 0) is 4.79 Å². The van der Waals surface area contributed by atoms with Crippen LogP contribution in [0, 0.1) is 0 Å². The van der Waals surface area contributed by atoms with Crippen molar-refractivity contribution in [2.24, 2.45) is 0 Å². The number of carbonyl (C=O) groups is 1. The molecule has 0 amide bonds. The van der Waals surface area contributed by atoms with Crippen LogP contribution in [-0.4, -0.2) is 32.8 Å². The minimum atomic E-state index is -0.843. The lowest BCUT2D eigenvalue weighted by Gasteiger charge is -2.25. The molecular formula is C11H15N3O2S. The Hall–Kier alpha value is -1.30. The number of hydrogen-bond acceptors (Lipinski definition) is 5. The van der Waals surface area contributed by atoms with Crippen molar-refractivity contribution in [1.82, 2.24) is 9.97 Å². The first-order valence-corrected chi connectivity index (χ1v) is 6.76. The van der Waals surface area contributed by atoms with E-state index in [1.807, 2.05) is 6.26 Å². The lowest BCUT2D eigenvalue weighted by atomic mass is 9.98. The van der Waals surface area contributed by atoms with Crippen molar-refractivity contribution in [3.05, 3.63) is 12.4 Å². The Morgan fingerprint density at radius 2 is 2.18 bits per heavy atom. The number of hydrogen-bond donors (Lipinski definition) is 2. The van der Waals surface area contributed by atoms with Gasteiger partial charge in [-0.25, -0.2) is 14.8 Å². The number of anilines is 1. The predicted molar refractivity (Wildman–Crippen MR) is 66.3 cm³/mol. The Balaban J connectivity index is 2.20. The molecule has 1 aromatic rings. The molecule has 0 aromatic carbocycles. The second-order valence-corrected chi connectivity index (χ2v) is 4.99. The highest BCUT2D eigenvalue weighted by molar-refractivity contribution is 7.98. The maximum absolute atomic E-state index is 11.4. The third-order valence-electron chi connectivity index (χ3n) is 3.08. The molecule has 0 bridgehead atoms. The molecule has 2 N–H and O–H groups in total. The van der Waals surface area contributed by atoms with Crippen LogP contribution < -0.4 is 5.32 Å². The van der Waals surface area contributed by atoms with E-state index in [1.54, 1.807) is 6.07 Å². The fraction of sp³-hybridized carbons (Fsp3) is 0.545. The van der Waals surface area contributed by atoms with Crippen LogP contribution in [0.3, 0.4) is 0 Å². The Kier molecular flexibility index (Phi) is 3.51. The van der Waals surface area contributed by atoms with Gasteiger partial charge in [-0.3, -0.25) is 0 Å². The standard InChI is InChI=1S/C11H15N3O2S/c1-17-9-6-8(12-7-13-9)14-11(10(15)16)4-2-3-5-11/h6-7H,2-5H2,1H3,(H,15,16)(H,12,13,14). The molecule has 1 aliphatic rings. The van der Waals surface area contributed by atoms with E-state index in [4.69, 9.17) is 0 Å². The van der Waals surface area contributed by atoms with Gasteiger partial charge in [-0.05, 0) is 19.1 Å². The second kappa shape index (κ2) is 4.91. The maximum Gasteiger partial charge on any atom is 0.329 e. The van der Waals surface area contributed by atoms with Crippen LogP contribution in [0.25, 0.3) is 0 Å². The number of nitrogens with zero attached hydrogens (tertiary/aromatic N) is 2. The second-order valence-electron chi connectivity index (χ2n) is 4.16. The summed E-state index contributed by atoms with van der Waals surface area (Å²) in [6.07, 6.45) is 6.58. The van der Waals surface area contributed by atoms with Gasteiger partial charge >= 0.3 is 5.97 Å². The van der Waals surface area contributed by atoms with E-state index in [1.165, 1.54) is 18.1 Å². The summed E-state index contributed by atoms with van der Waals surface area (Å²) in [5.41, 5.74) is -0.843. The van der Waals surface area contributed by atoms with Crippen molar-refractivity contribution in [3.8, 4) is 0 Å². The SMILES string of the molecule is CSc1cc(NC2(C(=O)O)CCCC2)ncn1. The molecule has 1 fully saturated rings. The Labute approximate surface area is 104 Å². The van der Waals surface area contributed by atoms with E-state index in [0.717, 1.165) is 17.9 Å². The molecule has 0 atom stereocenters. The van der Waals surface area contributed by atoms with Gasteiger partial charge < -0.3 is 10.4 Å². The van der Waals surface area contributed by atoms with E-state index in [-0.39, 0.29) is 0 Å². The average molecular weight is 253 g/mol. The summed E-state index contributed by atoms with van der Waals surface area (Å²) in [5.74, 6) is -0.201. The lowest BCUT2D eigenvalue weighted by Crippen LogP contribution is -2.43.